The molecule has 0 amide bonds. The second-order valence-corrected chi connectivity index (χ2v) is 3.64. The molecule has 1 aliphatic rings. The van der Waals surface area contributed by atoms with Gasteiger partial charge in [-0.2, -0.15) is 0 Å². The SMILES string of the molecule is C#CCC(=O)C1CCc2ccccc21. The lowest BCUT2D eigenvalue weighted by Crippen LogP contribution is -2.08. The molecule has 0 radical (unpaired) electrons. The highest BCUT2D eigenvalue weighted by Crippen LogP contribution is 2.33. The van der Waals surface area contributed by atoms with Crippen molar-refractivity contribution in [3.63, 3.8) is 0 Å². The Labute approximate surface area is 84.1 Å². The maximum Gasteiger partial charge on any atom is 0.152 e. The predicted molar refractivity (Wildman–Crippen MR) is 56.0 cm³/mol. The molecule has 70 valence electrons. The first-order valence-electron chi connectivity index (χ1n) is 4.87. The van der Waals surface area contributed by atoms with Gasteiger partial charge in [-0.25, -0.2) is 0 Å². The minimum Gasteiger partial charge on any atom is -0.298 e. The Bertz CT molecular complexity index is 398. The molecule has 14 heavy (non-hydrogen) atoms. The van der Waals surface area contributed by atoms with Crippen LogP contribution in [0.2, 0.25) is 0 Å². The van der Waals surface area contributed by atoms with Gasteiger partial charge in [0.15, 0.2) is 5.78 Å². The van der Waals surface area contributed by atoms with E-state index in [-0.39, 0.29) is 18.1 Å². The van der Waals surface area contributed by atoms with Crippen molar-refractivity contribution in [3.05, 3.63) is 35.4 Å². The second kappa shape index (κ2) is 3.67. The summed E-state index contributed by atoms with van der Waals surface area (Å²) in [6, 6.07) is 8.15. The molecule has 1 aromatic rings. The van der Waals surface area contributed by atoms with Gasteiger partial charge in [0.05, 0.1) is 6.42 Å². The van der Waals surface area contributed by atoms with E-state index in [9.17, 15) is 4.79 Å². The molecular formula is C13H12O. The zero-order valence-electron chi connectivity index (χ0n) is 7.99. The van der Waals surface area contributed by atoms with Crippen molar-refractivity contribution in [1.29, 1.82) is 0 Å². The van der Waals surface area contributed by atoms with Crippen LogP contribution in [0.5, 0.6) is 0 Å². The van der Waals surface area contributed by atoms with Gasteiger partial charge in [0.25, 0.3) is 0 Å². The second-order valence-electron chi connectivity index (χ2n) is 3.64. The number of rotatable bonds is 2. The van der Waals surface area contributed by atoms with E-state index in [1.807, 2.05) is 18.2 Å². The van der Waals surface area contributed by atoms with E-state index in [2.05, 4.69) is 12.0 Å². The summed E-state index contributed by atoms with van der Waals surface area (Å²) in [5.41, 5.74) is 2.50. The highest BCUT2D eigenvalue weighted by molar-refractivity contribution is 5.88. The van der Waals surface area contributed by atoms with E-state index >= 15 is 0 Å². The molecule has 0 saturated heterocycles. The summed E-state index contributed by atoms with van der Waals surface area (Å²) >= 11 is 0. The van der Waals surface area contributed by atoms with Crippen molar-refractivity contribution in [2.45, 2.75) is 25.2 Å². The summed E-state index contributed by atoms with van der Waals surface area (Å²) in [6.07, 6.45) is 7.35. The molecule has 2 rings (SSSR count). The van der Waals surface area contributed by atoms with Crippen molar-refractivity contribution in [1.82, 2.24) is 0 Å². The number of fused-ring (bicyclic) bond motifs is 1. The van der Waals surface area contributed by atoms with Crippen LogP contribution in [0.15, 0.2) is 24.3 Å². The molecule has 0 fully saturated rings. The van der Waals surface area contributed by atoms with E-state index in [1.54, 1.807) is 0 Å². The molecule has 0 heterocycles. The van der Waals surface area contributed by atoms with Gasteiger partial charge >= 0.3 is 0 Å². The molecule has 1 atom stereocenters. The molecular weight excluding hydrogens is 172 g/mol. The standard InChI is InChI=1S/C13H12O/c1-2-5-13(14)12-9-8-10-6-3-4-7-11(10)12/h1,3-4,6-7,12H,5,8-9H2. The Balaban J connectivity index is 2.27. The van der Waals surface area contributed by atoms with Gasteiger partial charge in [-0.05, 0) is 24.0 Å². The van der Waals surface area contributed by atoms with Gasteiger partial charge < -0.3 is 0 Å². The summed E-state index contributed by atoms with van der Waals surface area (Å²) in [5, 5.41) is 0. The Morgan fingerprint density at radius 3 is 3.07 bits per heavy atom. The Hall–Kier alpha value is -1.55. The molecule has 1 nitrogen and oxygen atoms in total. The van der Waals surface area contributed by atoms with Gasteiger partial charge in [0.1, 0.15) is 0 Å². The largest absolute Gasteiger partial charge is 0.298 e. The lowest BCUT2D eigenvalue weighted by atomic mass is 9.95. The average molecular weight is 184 g/mol. The first-order chi connectivity index (χ1) is 6.83. The van der Waals surface area contributed by atoms with Crippen molar-refractivity contribution >= 4 is 5.78 Å². The van der Waals surface area contributed by atoms with Gasteiger partial charge in [0.2, 0.25) is 0 Å². The summed E-state index contributed by atoms with van der Waals surface area (Å²) in [7, 11) is 0. The number of benzene rings is 1. The van der Waals surface area contributed by atoms with Crippen LogP contribution >= 0.6 is 0 Å². The number of terminal acetylenes is 1. The van der Waals surface area contributed by atoms with Gasteiger partial charge in [-0.1, -0.05) is 30.2 Å². The Morgan fingerprint density at radius 2 is 2.29 bits per heavy atom. The summed E-state index contributed by atoms with van der Waals surface area (Å²) in [6.45, 7) is 0. The molecule has 1 heteroatoms. The van der Waals surface area contributed by atoms with Crippen molar-refractivity contribution < 1.29 is 4.79 Å². The van der Waals surface area contributed by atoms with Crippen molar-refractivity contribution in [2.75, 3.05) is 0 Å². The van der Waals surface area contributed by atoms with Crippen molar-refractivity contribution in [2.24, 2.45) is 0 Å². The first-order valence-corrected chi connectivity index (χ1v) is 4.87. The fourth-order valence-electron chi connectivity index (χ4n) is 2.12. The number of aryl methyl sites for hydroxylation is 1. The van der Waals surface area contributed by atoms with Crippen LogP contribution in [0, 0.1) is 12.3 Å². The van der Waals surface area contributed by atoms with E-state index < -0.39 is 0 Å². The van der Waals surface area contributed by atoms with Crippen LogP contribution < -0.4 is 0 Å². The van der Waals surface area contributed by atoms with Crippen LogP contribution in [0.25, 0.3) is 0 Å². The molecule has 0 aliphatic heterocycles. The molecule has 0 aromatic heterocycles. The third kappa shape index (κ3) is 1.44. The Morgan fingerprint density at radius 1 is 1.50 bits per heavy atom. The third-order valence-corrected chi connectivity index (χ3v) is 2.80. The molecule has 1 aliphatic carbocycles. The van der Waals surface area contributed by atoms with Gasteiger partial charge in [-0.15, -0.1) is 6.42 Å². The number of ketones is 1. The van der Waals surface area contributed by atoms with Gasteiger partial charge in [0, 0.05) is 5.92 Å². The highest BCUT2D eigenvalue weighted by atomic mass is 16.1. The molecule has 0 spiro atoms. The fraction of sp³-hybridized carbons (Fsp3) is 0.308. The topological polar surface area (TPSA) is 17.1 Å². The van der Waals surface area contributed by atoms with Crippen LogP contribution in [0.1, 0.15) is 29.9 Å². The third-order valence-electron chi connectivity index (χ3n) is 2.80. The number of carbonyl (C=O) groups is 1. The minimum absolute atomic E-state index is 0.0576. The normalized spacial score (nSPS) is 18.6. The predicted octanol–water partition coefficient (Wildman–Crippen LogP) is 2.31. The summed E-state index contributed by atoms with van der Waals surface area (Å²) in [5.74, 6) is 2.68. The zero-order chi connectivity index (χ0) is 9.97. The molecule has 0 bridgehead atoms. The van der Waals surface area contributed by atoms with Crippen LogP contribution in [-0.4, -0.2) is 5.78 Å². The molecule has 0 saturated carbocycles. The number of hydrogen-bond donors (Lipinski definition) is 0. The highest BCUT2D eigenvalue weighted by Gasteiger charge is 2.26. The fourth-order valence-corrected chi connectivity index (χ4v) is 2.12. The molecule has 0 N–H and O–H groups in total. The summed E-state index contributed by atoms with van der Waals surface area (Å²) < 4.78 is 0. The maximum atomic E-state index is 11.7. The Kier molecular flexibility index (Phi) is 2.37. The average Bonchev–Trinajstić information content (AvgIpc) is 2.61. The van der Waals surface area contributed by atoms with Crippen LogP contribution in [0.3, 0.4) is 0 Å². The van der Waals surface area contributed by atoms with E-state index in [4.69, 9.17) is 6.42 Å². The van der Waals surface area contributed by atoms with E-state index in [0.717, 1.165) is 12.8 Å². The first kappa shape index (κ1) is 9.02. The maximum absolute atomic E-state index is 11.7. The van der Waals surface area contributed by atoms with Gasteiger partial charge in [-0.3, -0.25) is 4.79 Å². The number of hydrogen-bond acceptors (Lipinski definition) is 1. The van der Waals surface area contributed by atoms with Crippen LogP contribution in [0.4, 0.5) is 0 Å². The van der Waals surface area contributed by atoms with E-state index in [1.165, 1.54) is 11.1 Å². The minimum atomic E-state index is 0.0576. The number of carbonyl (C=O) groups excluding carboxylic acids is 1. The quantitative estimate of drug-likeness (QED) is 0.644. The lowest BCUT2D eigenvalue weighted by molar-refractivity contribution is -0.119. The number of Topliss-reactive ketones (excluding diaryl/α,β-unsaturated/α-hetero) is 1. The zero-order valence-corrected chi connectivity index (χ0v) is 7.99. The molecule has 1 aromatic carbocycles. The van der Waals surface area contributed by atoms with Crippen LogP contribution in [-0.2, 0) is 11.2 Å². The smallest absolute Gasteiger partial charge is 0.152 e. The van der Waals surface area contributed by atoms with E-state index in [0.29, 0.717) is 0 Å². The lowest BCUT2D eigenvalue weighted by Gasteiger charge is -2.07. The van der Waals surface area contributed by atoms with Crippen molar-refractivity contribution in [3.8, 4) is 12.3 Å². The monoisotopic (exact) mass is 184 g/mol. The molecule has 1 unspecified atom stereocenters. The summed E-state index contributed by atoms with van der Waals surface area (Å²) in [4.78, 5) is 11.7.